The molecule has 1 fully saturated rings. The Morgan fingerprint density at radius 2 is 1.75 bits per heavy atom. The Kier molecular flexibility index (Phi) is 6.59. The van der Waals surface area contributed by atoms with Crippen LogP contribution in [0.2, 0.25) is 0 Å². The molecule has 0 bridgehead atoms. The highest BCUT2D eigenvalue weighted by atomic mass is 19.1. The third-order valence-electron chi connectivity index (χ3n) is 8.12. The van der Waals surface area contributed by atoms with Gasteiger partial charge < -0.3 is 19.8 Å². The van der Waals surface area contributed by atoms with E-state index in [1.807, 2.05) is 24.0 Å². The Morgan fingerprint density at radius 1 is 1.02 bits per heavy atom. The average Bonchev–Trinajstić information content (AvgIpc) is 3.14. The van der Waals surface area contributed by atoms with Gasteiger partial charge in [-0.2, -0.15) is 0 Å². The average molecular weight is 545 g/mol. The first-order valence-corrected chi connectivity index (χ1v) is 13.5. The molecule has 4 heterocycles. The predicted octanol–water partition coefficient (Wildman–Crippen LogP) is 5.63. The molecule has 1 saturated heterocycles. The molecule has 0 aliphatic carbocycles. The maximum absolute atomic E-state index is 14.4. The summed E-state index contributed by atoms with van der Waals surface area (Å²) in [5.74, 6) is 0.338. The molecule has 40 heavy (non-hydrogen) atoms. The summed E-state index contributed by atoms with van der Waals surface area (Å²) in [4.78, 5) is 32.6. The number of rotatable bonds is 5. The fraction of sp³-hybridized carbons (Fsp3) is 0.419. The van der Waals surface area contributed by atoms with E-state index in [0.29, 0.717) is 43.0 Å². The summed E-state index contributed by atoms with van der Waals surface area (Å²) in [7, 11) is 0. The van der Waals surface area contributed by atoms with Crippen molar-refractivity contribution in [3.05, 3.63) is 76.6 Å². The van der Waals surface area contributed by atoms with E-state index < -0.39 is 5.97 Å². The number of aryl methyl sites for hydroxylation is 3. The molecule has 3 aromatic rings. The third-order valence-corrected chi connectivity index (χ3v) is 8.12. The molecule has 0 unspecified atom stereocenters. The van der Waals surface area contributed by atoms with Gasteiger partial charge >= 0.3 is 5.97 Å². The Labute approximate surface area is 235 Å². The van der Waals surface area contributed by atoms with Gasteiger partial charge in [0.15, 0.2) is 5.82 Å². The van der Waals surface area contributed by atoms with E-state index >= 15 is 0 Å². The Hall–Kier alpha value is -4.01. The molecule has 210 valence electrons. The number of aromatic carboxylic acids is 1. The molecular formula is C31H37FN6O2. The summed E-state index contributed by atoms with van der Waals surface area (Å²) in [6, 6.07) is 7.13. The standard InChI is InChI=1S/C31H37FN6O2/c1-18-9-10-22(14-23(18)32)37-16-30(5,6)27-28(37)33-15-24(35-27)21(4)38-12-11-36(17-31(38,7)8)25-13-19(2)26(29(39)40)20(3)34-25/h9-10,13-15H,4,11-12,16-17H2,1-3,5-8H3,(H,39,40). The SMILES string of the molecule is C=C(c1cnc2c(n1)C(C)(C)CN2c1ccc(C)c(F)c1)N1CCN(c2cc(C)c(C(=O)O)c(C)n2)CC1(C)C. The van der Waals surface area contributed by atoms with Crippen molar-refractivity contribution in [2.75, 3.05) is 36.0 Å². The van der Waals surface area contributed by atoms with Crippen LogP contribution >= 0.6 is 0 Å². The Balaban J connectivity index is 1.39. The van der Waals surface area contributed by atoms with Gasteiger partial charge in [0.1, 0.15) is 17.3 Å². The summed E-state index contributed by atoms with van der Waals surface area (Å²) >= 11 is 0. The van der Waals surface area contributed by atoms with Crippen LogP contribution in [0, 0.1) is 26.6 Å². The van der Waals surface area contributed by atoms with Crippen LogP contribution in [0.25, 0.3) is 5.70 Å². The van der Waals surface area contributed by atoms with Crippen LogP contribution in [0.3, 0.4) is 0 Å². The number of anilines is 3. The van der Waals surface area contributed by atoms with Gasteiger partial charge in [-0.1, -0.05) is 26.5 Å². The Bertz CT molecular complexity index is 1510. The van der Waals surface area contributed by atoms with E-state index in [0.717, 1.165) is 34.4 Å². The van der Waals surface area contributed by atoms with Crippen LogP contribution < -0.4 is 9.80 Å². The number of fused-ring (bicyclic) bond motifs is 1. The van der Waals surface area contributed by atoms with Gasteiger partial charge in [-0.25, -0.2) is 24.1 Å². The lowest BCUT2D eigenvalue weighted by atomic mass is 9.91. The topological polar surface area (TPSA) is 85.7 Å². The number of carbonyl (C=O) groups is 1. The molecule has 1 N–H and O–H groups in total. The number of pyridine rings is 1. The van der Waals surface area contributed by atoms with E-state index in [-0.39, 0.29) is 22.3 Å². The number of carboxylic acids is 1. The minimum Gasteiger partial charge on any atom is -0.478 e. The van der Waals surface area contributed by atoms with E-state index in [1.54, 1.807) is 32.2 Å². The van der Waals surface area contributed by atoms with E-state index in [1.165, 1.54) is 0 Å². The fourth-order valence-electron chi connectivity index (χ4n) is 5.97. The minimum absolute atomic E-state index is 0.235. The number of carboxylic acid groups (broad SMARTS) is 1. The fourth-order valence-corrected chi connectivity index (χ4v) is 5.97. The van der Waals surface area contributed by atoms with Crippen LogP contribution in [-0.2, 0) is 5.41 Å². The monoisotopic (exact) mass is 544 g/mol. The highest BCUT2D eigenvalue weighted by Crippen LogP contribution is 2.43. The van der Waals surface area contributed by atoms with E-state index in [9.17, 15) is 14.3 Å². The van der Waals surface area contributed by atoms with Crippen molar-refractivity contribution in [3.8, 4) is 0 Å². The second-order valence-corrected chi connectivity index (χ2v) is 12.2. The van der Waals surface area contributed by atoms with Gasteiger partial charge in [0, 0.05) is 37.3 Å². The molecule has 2 aliphatic rings. The first-order valence-electron chi connectivity index (χ1n) is 13.5. The lowest BCUT2D eigenvalue weighted by Crippen LogP contribution is -2.58. The summed E-state index contributed by atoms with van der Waals surface area (Å²) < 4.78 is 14.4. The molecule has 2 aliphatic heterocycles. The third kappa shape index (κ3) is 4.67. The lowest BCUT2D eigenvalue weighted by molar-refractivity contribution is 0.0694. The number of hydrogen-bond acceptors (Lipinski definition) is 7. The van der Waals surface area contributed by atoms with Crippen LogP contribution in [-0.4, -0.2) is 62.6 Å². The predicted molar refractivity (Wildman–Crippen MR) is 156 cm³/mol. The zero-order valence-electron chi connectivity index (χ0n) is 24.3. The van der Waals surface area contributed by atoms with Crippen molar-refractivity contribution in [3.63, 3.8) is 0 Å². The first-order chi connectivity index (χ1) is 18.7. The van der Waals surface area contributed by atoms with E-state index in [4.69, 9.17) is 9.97 Å². The normalized spacial score (nSPS) is 17.6. The number of nitrogens with zero attached hydrogens (tertiary/aromatic N) is 6. The lowest BCUT2D eigenvalue weighted by Gasteiger charge is -2.49. The summed E-state index contributed by atoms with van der Waals surface area (Å²) in [6.07, 6.45) is 1.77. The number of piperazine rings is 1. The maximum Gasteiger partial charge on any atom is 0.337 e. The van der Waals surface area contributed by atoms with Gasteiger partial charge in [-0.3, -0.25) is 0 Å². The first kappa shape index (κ1) is 27.6. The van der Waals surface area contributed by atoms with Crippen LogP contribution in [0.5, 0.6) is 0 Å². The minimum atomic E-state index is -0.955. The maximum atomic E-state index is 14.4. The molecule has 0 atom stereocenters. The smallest absolute Gasteiger partial charge is 0.337 e. The Morgan fingerprint density at radius 3 is 2.38 bits per heavy atom. The second-order valence-electron chi connectivity index (χ2n) is 12.2. The molecule has 5 rings (SSSR count). The number of hydrogen-bond donors (Lipinski definition) is 1. The highest BCUT2D eigenvalue weighted by Gasteiger charge is 2.41. The number of halogens is 1. The zero-order valence-corrected chi connectivity index (χ0v) is 24.3. The number of benzene rings is 1. The molecule has 1 aromatic carbocycles. The number of aromatic nitrogens is 3. The van der Waals surface area contributed by atoms with Gasteiger partial charge in [0.2, 0.25) is 0 Å². The van der Waals surface area contributed by atoms with Gasteiger partial charge in [-0.05, 0) is 63.9 Å². The van der Waals surface area contributed by atoms with Crippen molar-refractivity contribution >= 4 is 29.0 Å². The van der Waals surface area contributed by atoms with Crippen molar-refractivity contribution in [2.24, 2.45) is 0 Å². The van der Waals surface area contributed by atoms with Gasteiger partial charge in [-0.15, -0.1) is 0 Å². The van der Waals surface area contributed by atoms with Crippen LogP contribution in [0.15, 0.2) is 37.0 Å². The molecule has 0 radical (unpaired) electrons. The molecule has 9 heteroatoms. The molecular weight excluding hydrogens is 507 g/mol. The largest absolute Gasteiger partial charge is 0.478 e. The molecule has 8 nitrogen and oxygen atoms in total. The van der Waals surface area contributed by atoms with Crippen molar-refractivity contribution in [2.45, 2.75) is 59.4 Å². The summed E-state index contributed by atoms with van der Waals surface area (Å²) in [5.41, 5.74) is 4.69. The second kappa shape index (κ2) is 9.57. The summed E-state index contributed by atoms with van der Waals surface area (Å²) in [5, 5.41) is 9.52. The van der Waals surface area contributed by atoms with Crippen molar-refractivity contribution in [1.29, 1.82) is 0 Å². The van der Waals surface area contributed by atoms with E-state index in [2.05, 4.69) is 49.1 Å². The highest BCUT2D eigenvalue weighted by molar-refractivity contribution is 5.90. The molecule has 0 amide bonds. The van der Waals surface area contributed by atoms with Crippen molar-refractivity contribution < 1.29 is 14.3 Å². The van der Waals surface area contributed by atoms with Gasteiger partial charge in [0.05, 0.1) is 34.4 Å². The molecule has 0 saturated carbocycles. The quantitative estimate of drug-likeness (QED) is 0.442. The molecule has 2 aromatic heterocycles. The van der Waals surface area contributed by atoms with Gasteiger partial charge in [0.25, 0.3) is 0 Å². The molecule has 0 spiro atoms. The van der Waals surface area contributed by atoms with Crippen LogP contribution in [0.4, 0.5) is 21.7 Å². The summed E-state index contributed by atoms with van der Waals surface area (Å²) in [6.45, 7) is 21.1. The van der Waals surface area contributed by atoms with Crippen molar-refractivity contribution in [1.82, 2.24) is 19.9 Å². The van der Waals surface area contributed by atoms with Crippen LogP contribution in [0.1, 0.15) is 66.3 Å². The zero-order chi connectivity index (χ0) is 29.1.